The van der Waals surface area contributed by atoms with Crippen molar-refractivity contribution < 1.29 is 14.7 Å². The minimum absolute atomic E-state index is 0.0436. The Bertz CT molecular complexity index is 641. The number of fused-ring (bicyclic) bond motifs is 1. The van der Waals surface area contributed by atoms with Crippen LogP contribution in [0, 0.1) is 11.8 Å². The zero-order valence-corrected chi connectivity index (χ0v) is 12.2. The normalized spacial score (nSPS) is 22.1. The van der Waals surface area contributed by atoms with Gasteiger partial charge in [0.2, 0.25) is 5.91 Å². The van der Waals surface area contributed by atoms with E-state index in [0.29, 0.717) is 30.8 Å². The van der Waals surface area contributed by atoms with Crippen LogP contribution in [0.5, 0.6) is 0 Å². The molecule has 1 amide bonds. The first kappa shape index (κ1) is 14.0. The highest BCUT2D eigenvalue weighted by atomic mass is 32.1. The number of carboxylic acid groups (broad SMARTS) is 1. The Kier molecular flexibility index (Phi) is 3.88. The van der Waals surface area contributed by atoms with Crippen LogP contribution in [-0.2, 0) is 9.59 Å². The van der Waals surface area contributed by atoms with E-state index in [1.165, 1.54) is 11.3 Å². The number of aliphatic carboxylic acids is 1. The fourth-order valence-corrected chi connectivity index (χ4v) is 3.60. The Balaban J connectivity index is 1.63. The minimum Gasteiger partial charge on any atom is -0.481 e. The van der Waals surface area contributed by atoms with Crippen LogP contribution in [0.25, 0.3) is 10.2 Å². The number of nitrogens with one attached hydrogen (secondary N) is 1. The highest BCUT2D eigenvalue weighted by Crippen LogP contribution is 2.31. The quantitative estimate of drug-likeness (QED) is 0.913. The van der Waals surface area contributed by atoms with Gasteiger partial charge in [0, 0.05) is 5.92 Å². The number of thiazole rings is 1. The van der Waals surface area contributed by atoms with Crippen LogP contribution in [0.3, 0.4) is 0 Å². The van der Waals surface area contributed by atoms with E-state index in [-0.39, 0.29) is 17.7 Å². The molecule has 21 heavy (non-hydrogen) atoms. The molecule has 1 aliphatic carbocycles. The largest absolute Gasteiger partial charge is 0.481 e. The van der Waals surface area contributed by atoms with E-state index < -0.39 is 5.97 Å². The van der Waals surface area contributed by atoms with Gasteiger partial charge in [-0.05, 0) is 37.8 Å². The standard InChI is InChI=1S/C15H16N2O3S/c18-13(9-5-7-10(8-6-9)14(19)20)17-15-16-11-3-1-2-4-12(11)21-15/h1-4,9-10H,5-8H2,(H,19,20)(H,16,17,18). The van der Waals surface area contributed by atoms with Crippen molar-refractivity contribution in [1.82, 2.24) is 4.98 Å². The lowest BCUT2D eigenvalue weighted by atomic mass is 9.81. The van der Waals surface area contributed by atoms with Crippen molar-refractivity contribution in [2.24, 2.45) is 11.8 Å². The Morgan fingerprint density at radius 1 is 1.14 bits per heavy atom. The molecule has 0 radical (unpaired) electrons. The fraction of sp³-hybridized carbons (Fsp3) is 0.400. The molecule has 3 rings (SSSR count). The molecule has 1 aliphatic rings. The average Bonchev–Trinajstić information content (AvgIpc) is 2.89. The number of carbonyl (C=O) groups is 2. The number of benzene rings is 1. The summed E-state index contributed by atoms with van der Waals surface area (Å²) in [6.45, 7) is 0. The second-order valence-corrected chi connectivity index (χ2v) is 6.39. The maximum Gasteiger partial charge on any atom is 0.306 e. The highest BCUT2D eigenvalue weighted by molar-refractivity contribution is 7.22. The fourth-order valence-electron chi connectivity index (χ4n) is 2.74. The molecule has 110 valence electrons. The van der Waals surface area contributed by atoms with Crippen LogP contribution in [-0.4, -0.2) is 22.0 Å². The number of anilines is 1. The van der Waals surface area contributed by atoms with Crippen molar-refractivity contribution >= 4 is 38.6 Å². The van der Waals surface area contributed by atoms with E-state index in [2.05, 4.69) is 10.3 Å². The van der Waals surface area contributed by atoms with Gasteiger partial charge in [0.25, 0.3) is 0 Å². The number of nitrogens with zero attached hydrogens (tertiary/aromatic N) is 1. The summed E-state index contributed by atoms with van der Waals surface area (Å²) < 4.78 is 1.04. The first-order valence-electron chi connectivity index (χ1n) is 7.03. The Morgan fingerprint density at radius 3 is 2.48 bits per heavy atom. The van der Waals surface area contributed by atoms with Crippen molar-refractivity contribution in [3.05, 3.63) is 24.3 Å². The summed E-state index contributed by atoms with van der Waals surface area (Å²) in [6.07, 6.45) is 2.42. The molecule has 6 heteroatoms. The summed E-state index contributed by atoms with van der Waals surface area (Å²) >= 11 is 1.46. The third-order valence-electron chi connectivity index (χ3n) is 3.97. The summed E-state index contributed by atoms with van der Waals surface area (Å²) in [5.41, 5.74) is 0.882. The van der Waals surface area contributed by atoms with Crippen LogP contribution in [0.4, 0.5) is 5.13 Å². The lowest BCUT2D eigenvalue weighted by molar-refractivity contribution is -0.143. The first-order chi connectivity index (χ1) is 10.1. The van der Waals surface area contributed by atoms with Gasteiger partial charge in [0.15, 0.2) is 5.13 Å². The molecule has 5 nitrogen and oxygen atoms in total. The third-order valence-corrected chi connectivity index (χ3v) is 4.92. The topological polar surface area (TPSA) is 79.3 Å². The van der Waals surface area contributed by atoms with E-state index in [0.717, 1.165) is 10.2 Å². The molecule has 0 unspecified atom stereocenters. The average molecular weight is 304 g/mol. The maximum absolute atomic E-state index is 12.2. The van der Waals surface area contributed by atoms with Gasteiger partial charge in [-0.15, -0.1) is 0 Å². The Labute approximate surface area is 126 Å². The molecule has 2 N–H and O–H groups in total. The van der Waals surface area contributed by atoms with E-state index in [9.17, 15) is 9.59 Å². The Hall–Kier alpha value is -1.95. The Morgan fingerprint density at radius 2 is 1.81 bits per heavy atom. The number of rotatable bonds is 3. The lowest BCUT2D eigenvalue weighted by Gasteiger charge is -2.24. The van der Waals surface area contributed by atoms with Crippen molar-refractivity contribution in [2.75, 3.05) is 5.32 Å². The van der Waals surface area contributed by atoms with Crippen molar-refractivity contribution in [3.8, 4) is 0 Å². The second-order valence-electron chi connectivity index (χ2n) is 5.36. The summed E-state index contributed by atoms with van der Waals surface area (Å²) in [4.78, 5) is 27.5. The summed E-state index contributed by atoms with van der Waals surface area (Å²) in [5, 5.41) is 12.4. The molecule has 1 saturated carbocycles. The van der Waals surface area contributed by atoms with Crippen LogP contribution in [0.1, 0.15) is 25.7 Å². The number of hydrogen-bond acceptors (Lipinski definition) is 4. The molecule has 1 fully saturated rings. The second kappa shape index (κ2) is 5.81. The number of para-hydroxylation sites is 1. The molecular formula is C15H16N2O3S. The van der Waals surface area contributed by atoms with Gasteiger partial charge in [-0.3, -0.25) is 9.59 Å². The van der Waals surface area contributed by atoms with Gasteiger partial charge in [-0.1, -0.05) is 23.5 Å². The van der Waals surface area contributed by atoms with Crippen molar-refractivity contribution in [3.63, 3.8) is 0 Å². The van der Waals surface area contributed by atoms with Crippen molar-refractivity contribution in [2.45, 2.75) is 25.7 Å². The van der Waals surface area contributed by atoms with Crippen LogP contribution in [0.2, 0.25) is 0 Å². The zero-order chi connectivity index (χ0) is 14.8. The number of hydrogen-bond donors (Lipinski definition) is 2. The number of carbonyl (C=O) groups excluding carboxylic acids is 1. The molecule has 0 aliphatic heterocycles. The summed E-state index contributed by atoms with van der Waals surface area (Å²) in [7, 11) is 0. The molecular weight excluding hydrogens is 288 g/mol. The van der Waals surface area contributed by atoms with Gasteiger partial charge in [-0.25, -0.2) is 4.98 Å². The maximum atomic E-state index is 12.2. The molecule has 0 bridgehead atoms. The van der Waals surface area contributed by atoms with E-state index in [1.807, 2.05) is 24.3 Å². The van der Waals surface area contributed by atoms with Crippen molar-refractivity contribution in [1.29, 1.82) is 0 Å². The monoisotopic (exact) mass is 304 g/mol. The molecule has 2 aromatic rings. The number of amides is 1. The van der Waals surface area contributed by atoms with Gasteiger partial charge >= 0.3 is 5.97 Å². The van der Waals surface area contributed by atoms with E-state index >= 15 is 0 Å². The predicted molar refractivity (Wildman–Crippen MR) is 81.3 cm³/mol. The van der Waals surface area contributed by atoms with Gasteiger partial charge in [0.05, 0.1) is 16.1 Å². The van der Waals surface area contributed by atoms with Gasteiger partial charge < -0.3 is 10.4 Å². The zero-order valence-electron chi connectivity index (χ0n) is 11.4. The molecule has 1 aromatic carbocycles. The smallest absolute Gasteiger partial charge is 0.306 e. The van der Waals surface area contributed by atoms with Crippen LogP contribution >= 0.6 is 11.3 Å². The van der Waals surface area contributed by atoms with Gasteiger partial charge in [0.1, 0.15) is 0 Å². The van der Waals surface area contributed by atoms with E-state index in [1.54, 1.807) is 0 Å². The third kappa shape index (κ3) is 3.05. The van der Waals surface area contributed by atoms with Gasteiger partial charge in [-0.2, -0.15) is 0 Å². The highest BCUT2D eigenvalue weighted by Gasteiger charge is 2.30. The van der Waals surface area contributed by atoms with Crippen LogP contribution < -0.4 is 5.32 Å². The molecule has 1 heterocycles. The van der Waals surface area contributed by atoms with E-state index in [4.69, 9.17) is 5.11 Å². The minimum atomic E-state index is -0.750. The molecule has 0 atom stereocenters. The lowest BCUT2D eigenvalue weighted by Crippen LogP contribution is -2.29. The predicted octanol–water partition coefficient (Wildman–Crippen LogP) is 3.13. The molecule has 0 spiro atoms. The van der Waals surface area contributed by atoms with Crippen LogP contribution in [0.15, 0.2) is 24.3 Å². The molecule has 1 aromatic heterocycles. The first-order valence-corrected chi connectivity index (χ1v) is 7.84. The number of aromatic nitrogens is 1. The SMILES string of the molecule is O=C(O)C1CCC(C(=O)Nc2nc3ccccc3s2)CC1. The summed E-state index contributed by atoms with van der Waals surface area (Å²) in [5.74, 6) is -1.19. The summed E-state index contributed by atoms with van der Waals surface area (Å²) in [6, 6.07) is 7.75. The molecule has 0 saturated heterocycles. The number of carboxylic acids is 1.